The topological polar surface area (TPSA) is 96.3 Å². The summed E-state index contributed by atoms with van der Waals surface area (Å²) in [5, 5.41) is 5.98. The van der Waals surface area contributed by atoms with Gasteiger partial charge in [-0.2, -0.15) is 0 Å². The van der Waals surface area contributed by atoms with Gasteiger partial charge in [-0.3, -0.25) is 15.5 Å². The molecule has 1 heterocycles. The van der Waals surface area contributed by atoms with Gasteiger partial charge >= 0.3 is 6.03 Å². The summed E-state index contributed by atoms with van der Waals surface area (Å²) in [7, 11) is 0. The van der Waals surface area contributed by atoms with Gasteiger partial charge in [-0.1, -0.05) is 23.4 Å². The van der Waals surface area contributed by atoms with Gasteiger partial charge in [-0.05, 0) is 19.1 Å². The number of amides is 3. The SMILES string of the molecule is Cc1cc(NC(=O)NNC(=O)c2ccccc2)no1. The fraction of sp³-hybridized carbons (Fsp3) is 0.0833. The number of hydrazine groups is 1. The van der Waals surface area contributed by atoms with Crippen molar-refractivity contribution < 1.29 is 14.1 Å². The van der Waals surface area contributed by atoms with Crippen molar-refractivity contribution in [2.45, 2.75) is 6.92 Å². The summed E-state index contributed by atoms with van der Waals surface area (Å²) < 4.78 is 4.78. The normalized spacial score (nSPS) is 9.74. The van der Waals surface area contributed by atoms with Gasteiger partial charge in [0.05, 0.1) is 0 Å². The monoisotopic (exact) mass is 260 g/mol. The van der Waals surface area contributed by atoms with Crippen LogP contribution in [0.15, 0.2) is 40.9 Å². The van der Waals surface area contributed by atoms with Crippen molar-refractivity contribution in [1.82, 2.24) is 16.0 Å². The molecule has 0 unspecified atom stereocenters. The highest BCUT2D eigenvalue weighted by Crippen LogP contribution is 2.06. The largest absolute Gasteiger partial charge is 0.360 e. The molecular formula is C12H12N4O3. The molecule has 0 aliphatic heterocycles. The molecule has 0 spiro atoms. The van der Waals surface area contributed by atoms with Crippen LogP contribution < -0.4 is 16.2 Å². The third kappa shape index (κ3) is 3.56. The van der Waals surface area contributed by atoms with Gasteiger partial charge in [0.15, 0.2) is 5.82 Å². The summed E-state index contributed by atoms with van der Waals surface area (Å²) in [6, 6.07) is 9.46. The van der Waals surface area contributed by atoms with Crippen molar-refractivity contribution in [2.75, 3.05) is 5.32 Å². The van der Waals surface area contributed by atoms with Gasteiger partial charge < -0.3 is 4.52 Å². The number of carbonyl (C=O) groups is 2. The zero-order valence-corrected chi connectivity index (χ0v) is 10.1. The number of urea groups is 1. The van der Waals surface area contributed by atoms with Crippen molar-refractivity contribution >= 4 is 17.8 Å². The number of carbonyl (C=O) groups excluding carboxylic acids is 2. The van der Waals surface area contributed by atoms with E-state index in [0.717, 1.165) is 0 Å². The fourth-order valence-corrected chi connectivity index (χ4v) is 1.35. The number of hydrogen-bond acceptors (Lipinski definition) is 4. The summed E-state index contributed by atoms with van der Waals surface area (Å²) in [6.45, 7) is 1.70. The van der Waals surface area contributed by atoms with Crippen LogP contribution in [0.1, 0.15) is 16.1 Å². The Bertz CT molecular complexity index is 580. The molecule has 2 rings (SSSR count). The van der Waals surface area contributed by atoms with Crippen LogP contribution in [0, 0.1) is 6.92 Å². The molecule has 0 atom stereocenters. The van der Waals surface area contributed by atoms with E-state index >= 15 is 0 Å². The number of nitrogens with zero attached hydrogens (tertiary/aromatic N) is 1. The third-order valence-electron chi connectivity index (χ3n) is 2.20. The second-order valence-electron chi connectivity index (χ2n) is 3.72. The molecule has 3 N–H and O–H groups in total. The predicted octanol–water partition coefficient (Wildman–Crippen LogP) is 1.45. The molecule has 0 radical (unpaired) electrons. The Balaban J connectivity index is 1.82. The Kier molecular flexibility index (Phi) is 3.77. The minimum Gasteiger partial charge on any atom is -0.360 e. The van der Waals surface area contributed by atoms with Gasteiger partial charge in [0.2, 0.25) is 0 Å². The molecule has 0 aliphatic carbocycles. The van der Waals surface area contributed by atoms with Crippen LogP contribution in [-0.2, 0) is 0 Å². The minimum atomic E-state index is -0.613. The first-order chi connectivity index (χ1) is 9.15. The average molecular weight is 260 g/mol. The summed E-state index contributed by atoms with van der Waals surface area (Å²) in [5.41, 5.74) is 4.92. The second-order valence-corrected chi connectivity index (χ2v) is 3.72. The van der Waals surface area contributed by atoms with Crippen molar-refractivity contribution in [1.29, 1.82) is 0 Å². The number of rotatable bonds is 2. The van der Waals surface area contributed by atoms with Crippen molar-refractivity contribution in [2.24, 2.45) is 0 Å². The quantitative estimate of drug-likeness (QED) is 0.712. The van der Waals surface area contributed by atoms with Crippen LogP contribution >= 0.6 is 0 Å². The molecule has 1 aromatic carbocycles. The van der Waals surface area contributed by atoms with Crippen LogP contribution in [0.25, 0.3) is 0 Å². The zero-order chi connectivity index (χ0) is 13.7. The Labute approximate surface area is 108 Å². The third-order valence-corrected chi connectivity index (χ3v) is 2.20. The van der Waals surface area contributed by atoms with Crippen molar-refractivity contribution in [3.63, 3.8) is 0 Å². The molecule has 0 saturated carbocycles. The highest BCUT2D eigenvalue weighted by atomic mass is 16.5. The van der Waals surface area contributed by atoms with E-state index in [1.54, 1.807) is 43.3 Å². The molecule has 19 heavy (non-hydrogen) atoms. The van der Waals surface area contributed by atoms with Crippen LogP contribution in [0.2, 0.25) is 0 Å². The first kappa shape index (κ1) is 12.6. The predicted molar refractivity (Wildman–Crippen MR) is 67.3 cm³/mol. The maximum atomic E-state index is 11.6. The van der Waals surface area contributed by atoms with Crippen molar-refractivity contribution in [3.05, 3.63) is 47.7 Å². The summed E-state index contributed by atoms with van der Waals surface area (Å²) >= 11 is 0. The summed E-state index contributed by atoms with van der Waals surface area (Å²) in [6.07, 6.45) is 0. The molecule has 0 saturated heterocycles. The van der Waals surface area contributed by atoms with Crippen LogP contribution in [0.4, 0.5) is 10.6 Å². The van der Waals surface area contributed by atoms with E-state index in [1.165, 1.54) is 0 Å². The summed E-state index contributed by atoms with van der Waals surface area (Å²) in [5.74, 6) is 0.430. The van der Waals surface area contributed by atoms with E-state index in [4.69, 9.17) is 4.52 Å². The van der Waals surface area contributed by atoms with Crippen LogP contribution in [0.5, 0.6) is 0 Å². The van der Waals surface area contributed by atoms with E-state index in [2.05, 4.69) is 21.3 Å². The lowest BCUT2D eigenvalue weighted by Crippen LogP contribution is -2.43. The van der Waals surface area contributed by atoms with Gasteiger partial charge in [0.25, 0.3) is 5.91 Å². The first-order valence-electron chi connectivity index (χ1n) is 5.51. The van der Waals surface area contributed by atoms with Crippen LogP contribution in [0.3, 0.4) is 0 Å². The number of hydrogen-bond donors (Lipinski definition) is 3. The van der Waals surface area contributed by atoms with E-state index in [1.807, 2.05) is 0 Å². The zero-order valence-electron chi connectivity index (χ0n) is 10.1. The van der Waals surface area contributed by atoms with E-state index in [9.17, 15) is 9.59 Å². The van der Waals surface area contributed by atoms with Gasteiger partial charge in [0, 0.05) is 11.6 Å². The highest BCUT2D eigenvalue weighted by molar-refractivity contribution is 5.96. The van der Waals surface area contributed by atoms with E-state index in [0.29, 0.717) is 11.3 Å². The molecule has 7 nitrogen and oxygen atoms in total. The van der Waals surface area contributed by atoms with E-state index < -0.39 is 11.9 Å². The smallest absolute Gasteiger partial charge is 0.339 e. The molecule has 2 aromatic rings. The number of benzene rings is 1. The number of nitrogens with one attached hydrogen (secondary N) is 3. The molecule has 7 heteroatoms. The highest BCUT2D eigenvalue weighted by Gasteiger charge is 2.08. The lowest BCUT2D eigenvalue weighted by atomic mass is 10.2. The van der Waals surface area contributed by atoms with Crippen molar-refractivity contribution in [3.8, 4) is 0 Å². The molecule has 0 bridgehead atoms. The standard InChI is InChI=1S/C12H12N4O3/c1-8-7-10(16-19-8)13-12(18)15-14-11(17)9-5-3-2-4-6-9/h2-7H,1H3,(H,14,17)(H2,13,15,16,18). The second kappa shape index (κ2) is 5.67. The maximum absolute atomic E-state index is 11.6. The number of anilines is 1. The van der Waals surface area contributed by atoms with Gasteiger partial charge in [-0.15, -0.1) is 0 Å². The van der Waals surface area contributed by atoms with Crippen LogP contribution in [-0.4, -0.2) is 17.1 Å². The Hall–Kier alpha value is -2.83. The Morgan fingerprint density at radius 1 is 1.16 bits per heavy atom. The molecule has 0 aliphatic rings. The molecule has 98 valence electrons. The minimum absolute atomic E-state index is 0.268. The summed E-state index contributed by atoms with van der Waals surface area (Å²) in [4.78, 5) is 23.1. The van der Waals surface area contributed by atoms with E-state index in [-0.39, 0.29) is 5.82 Å². The molecular weight excluding hydrogens is 248 g/mol. The number of aromatic nitrogens is 1. The molecule has 3 amide bonds. The Morgan fingerprint density at radius 2 is 1.89 bits per heavy atom. The first-order valence-corrected chi connectivity index (χ1v) is 5.51. The number of aryl methyl sites for hydroxylation is 1. The Morgan fingerprint density at radius 3 is 2.53 bits per heavy atom. The maximum Gasteiger partial charge on any atom is 0.339 e. The lowest BCUT2D eigenvalue weighted by Gasteiger charge is -2.06. The molecule has 0 fully saturated rings. The van der Waals surface area contributed by atoms with Gasteiger partial charge in [0.1, 0.15) is 5.76 Å². The average Bonchev–Trinajstić information content (AvgIpc) is 2.82. The molecule has 1 aromatic heterocycles. The fourth-order valence-electron chi connectivity index (χ4n) is 1.35. The van der Waals surface area contributed by atoms with Gasteiger partial charge in [-0.25, -0.2) is 10.2 Å². The lowest BCUT2D eigenvalue weighted by molar-refractivity contribution is 0.0938.